The Hall–Kier alpha value is -1.26. The number of aromatic hydroxyl groups is 2. The molecule has 1 rings (SSSR count). The second-order valence-corrected chi connectivity index (χ2v) is 3.45. The van der Waals surface area contributed by atoms with Gasteiger partial charge < -0.3 is 20.6 Å². The Kier molecular flexibility index (Phi) is 4.39. The number of hydrogen-bond acceptors (Lipinski definition) is 4. The normalized spacial score (nSPS) is 12.7. The third-order valence-corrected chi connectivity index (χ3v) is 2.39. The summed E-state index contributed by atoms with van der Waals surface area (Å²) in [5, 5.41) is 30.8. The molecule has 4 nitrogen and oxygen atoms in total. The van der Waals surface area contributed by atoms with Crippen molar-refractivity contribution in [3.8, 4) is 11.5 Å². The summed E-state index contributed by atoms with van der Waals surface area (Å²) in [5.74, 6) is -0.218. The molecule has 0 unspecified atom stereocenters. The predicted molar refractivity (Wildman–Crippen MR) is 57.8 cm³/mol. The van der Waals surface area contributed by atoms with Gasteiger partial charge in [0.25, 0.3) is 0 Å². The molecule has 0 aliphatic rings. The molecule has 0 saturated carbocycles. The Labute approximate surface area is 89.2 Å². The number of para-hydroxylation sites is 1. The molecule has 0 bridgehead atoms. The molecule has 84 valence electrons. The first kappa shape index (κ1) is 11.8. The van der Waals surface area contributed by atoms with E-state index in [0.717, 1.165) is 6.42 Å². The molecule has 1 atom stereocenters. The number of phenols is 2. The molecule has 0 radical (unpaired) electrons. The number of rotatable bonds is 5. The molecule has 0 aromatic heterocycles. The van der Waals surface area contributed by atoms with Crippen molar-refractivity contribution in [2.75, 3.05) is 6.61 Å². The van der Waals surface area contributed by atoms with Gasteiger partial charge in [-0.15, -0.1) is 0 Å². The zero-order chi connectivity index (χ0) is 11.3. The van der Waals surface area contributed by atoms with Crippen LogP contribution in [0, 0.1) is 0 Å². The van der Waals surface area contributed by atoms with E-state index in [9.17, 15) is 10.2 Å². The maximum Gasteiger partial charge on any atom is 0.161 e. The van der Waals surface area contributed by atoms with Crippen LogP contribution in [0.2, 0.25) is 0 Å². The first-order valence-corrected chi connectivity index (χ1v) is 5.03. The molecule has 1 aromatic rings. The van der Waals surface area contributed by atoms with Gasteiger partial charge >= 0.3 is 0 Å². The zero-order valence-electron chi connectivity index (χ0n) is 8.77. The standard InChI is InChI=1S/C11H17NO3/c1-2-9(7-13)12-6-8-4-3-5-10(14)11(8)15/h3-5,9,12-15H,2,6-7H2,1H3/t9-/m0/s1. The minimum atomic E-state index is -0.119. The van der Waals surface area contributed by atoms with Gasteiger partial charge in [0.05, 0.1) is 6.61 Å². The van der Waals surface area contributed by atoms with Crippen LogP contribution >= 0.6 is 0 Å². The monoisotopic (exact) mass is 211 g/mol. The first-order valence-electron chi connectivity index (χ1n) is 5.03. The number of nitrogens with one attached hydrogen (secondary N) is 1. The van der Waals surface area contributed by atoms with Gasteiger partial charge in [-0.3, -0.25) is 0 Å². The predicted octanol–water partition coefficient (Wildman–Crippen LogP) is 0.958. The fraction of sp³-hybridized carbons (Fsp3) is 0.455. The molecular formula is C11H17NO3. The lowest BCUT2D eigenvalue weighted by molar-refractivity contribution is 0.238. The first-order chi connectivity index (χ1) is 7.19. The Morgan fingerprint density at radius 3 is 2.67 bits per heavy atom. The average Bonchev–Trinajstić information content (AvgIpc) is 2.25. The molecule has 1 aromatic carbocycles. The zero-order valence-corrected chi connectivity index (χ0v) is 8.77. The van der Waals surface area contributed by atoms with E-state index in [-0.39, 0.29) is 24.1 Å². The minimum Gasteiger partial charge on any atom is -0.504 e. The summed E-state index contributed by atoms with van der Waals surface area (Å²) in [6.07, 6.45) is 0.816. The van der Waals surface area contributed by atoms with Crippen LogP contribution in [-0.2, 0) is 6.54 Å². The largest absolute Gasteiger partial charge is 0.504 e. The highest BCUT2D eigenvalue weighted by atomic mass is 16.3. The molecule has 0 spiro atoms. The summed E-state index contributed by atoms with van der Waals surface area (Å²) >= 11 is 0. The van der Waals surface area contributed by atoms with Crippen LogP contribution in [0.1, 0.15) is 18.9 Å². The van der Waals surface area contributed by atoms with Gasteiger partial charge in [-0.25, -0.2) is 0 Å². The summed E-state index contributed by atoms with van der Waals surface area (Å²) in [6, 6.07) is 4.85. The molecule has 15 heavy (non-hydrogen) atoms. The quantitative estimate of drug-likeness (QED) is 0.547. The van der Waals surface area contributed by atoms with Crippen molar-refractivity contribution in [3.63, 3.8) is 0 Å². The van der Waals surface area contributed by atoms with Gasteiger partial charge in [0.2, 0.25) is 0 Å². The van der Waals surface area contributed by atoms with Gasteiger partial charge in [-0.2, -0.15) is 0 Å². The molecule has 0 aliphatic heterocycles. The van der Waals surface area contributed by atoms with Crippen LogP contribution in [0.15, 0.2) is 18.2 Å². The maximum atomic E-state index is 9.50. The van der Waals surface area contributed by atoms with E-state index in [1.54, 1.807) is 12.1 Å². The van der Waals surface area contributed by atoms with E-state index >= 15 is 0 Å². The van der Waals surface area contributed by atoms with Crippen molar-refractivity contribution < 1.29 is 15.3 Å². The van der Waals surface area contributed by atoms with E-state index < -0.39 is 0 Å². The second-order valence-electron chi connectivity index (χ2n) is 3.45. The average molecular weight is 211 g/mol. The highest BCUT2D eigenvalue weighted by Crippen LogP contribution is 2.27. The van der Waals surface area contributed by atoms with Crippen LogP contribution in [0.4, 0.5) is 0 Å². The van der Waals surface area contributed by atoms with Crippen LogP contribution in [0.25, 0.3) is 0 Å². The highest BCUT2D eigenvalue weighted by molar-refractivity contribution is 5.44. The third-order valence-electron chi connectivity index (χ3n) is 2.39. The molecular weight excluding hydrogens is 194 g/mol. The number of aliphatic hydroxyl groups is 1. The van der Waals surface area contributed by atoms with E-state index in [2.05, 4.69) is 5.32 Å². The SMILES string of the molecule is CC[C@@H](CO)NCc1cccc(O)c1O. The van der Waals surface area contributed by atoms with E-state index in [1.165, 1.54) is 6.07 Å². The number of phenolic OH excluding ortho intramolecular Hbond substituents is 2. The lowest BCUT2D eigenvalue weighted by Gasteiger charge is -2.14. The molecule has 4 heteroatoms. The summed E-state index contributed by atoms with van der Waals surface area (Å²) < 4.78 is 0. The van der Waals surface area contributed by atoms with Crippen molar-refractivity contribution >= 4 is 0 Å². The summed E-state index contributed by atoms with van der Waals surface area (Å²) in [4.78, 5) is 0. The van der Waals surface area contributed by atoms with Gasteiger partial charge in [-0.05, 0) is 12.5 Å². The summed E-state index contributed by atoms with van der Waals surface area (Å²) in [7, 11) is 0. The molecule has 4 N–H and O–H groups in total. The number of aliphatic hydroxyl groups excluding tert-OH is 1. The van der Waals surface area contributed by atoms with Crippen molar-refractivity contribution in [2.24, 2.45) is 0 Å². The second kappa shape index (κ2) is 5.58. The molecule has 0 saturated heterocycles. The van der Waals surface area contributed by atoms with E-state index in [0.29, 0.717) is 12.1 Å². The maximum absolute atomic E-state index is 9.50. The molecule has 0 fully saturated rings. The van der Waals surface area contributed by atoms with Crippen LogP contribution in [0.3, 0.4) is 0 Å². The van der Waals surface area contributed by atoms with Gasteiger partial charge in [0.15, 0.2) is 11.5 Å². The lowest BCUT2D eigenvalue weighted by Crippen LogP contribution is -2.31. The van der Waals surface area contributed by atoms with Crippen molar-refractivity contribution in [1.82, 2.24) is 5.32 Å². The van der Waals surface area contributed by atoms with Crippen molar-refractivity contribution in [1.29, 1.82) is 0 Å². The topological polar surface area (TPSA) is 72.7 Å². The Balaban J connectivity index is 2.61. The van der Waals surface area contributed by atoms with Crippen molar-refractivity contribution in [3.05, 3.63) is 23.8 Å². The number of hydrogen-bond donors (Lipinski definition) is 4. The minimum absolute atomic E-state index is 0.0201. The Bertz CT molecular complexity index is 311. The highest BCUT2D eigenvalue weighted by Gasteiger charge is 2.08. The lowest BCUT2D eigenvalue weighted by atomic mass is 10.1. The van der Waals surface area contributed by atoms with Gasteiger partial charge in [0, 0.05) is 18.2 Å². The molecule has 0 amide bonds. The molecule has 0 heterocycles. The van der Waals surface area contributed by atoms with E-state index in [1.807, 2.05) is 6.92 Å². The fourth-order valence-corrected chi connectivity index (χ4v) is 1.31. The smallest absolute Gasteiger partial charge is 0.161 e. The fourth-order valence-electron chi connectivity index (χ4n) is 1.31. The molecule has 0 aliphatic carbocycles. The van der Waals surface area contributed by atoms with Crippen LogP contribution < -0.4 is 5.32 Å². The van der Waals surface area contributed by atoms with Gasteiger partial charge in [0.1, 0.15) is 0 Å². The van der Waals surface area contributed by atoms with E-state index in [4.69, 9.17) is 5.11 Å². The third kappa shape index (κ3) is 3.11. The van der Waals surface area contributed by atoms with Gasteiger partial charge in [-0.1, -0.05) is 19.1 Å². The Morgan fingerprint density at radius 2 is 2.07 bits per heavy atom. The van der Waals surface area contributed by atoms with Crippen molar-refractivity contribution in [2.45, 2.75) is 25.9 Å². The van der Waals surface area contributed by atoms with Crippen LogP contribution in [0.5, 0.6) is 11.5 Å². The summed E-state index contributed by atoms with van der Waals surface area (Å²) in [6.45, 7) is 2.46. The number of benzene rings is 1. The summed E-state index contributed by atoms with van der Waals surface area (Å²) in [5.41, 5.74) is 0.627. The Morgan fingerprint density at radius 1 is 1.33 bits per heavy atom. The van der Waals surface area contributed by atoms with Crippen LogP contribution in [-0.4, -0.2) is 28.0 Å².